The molecule has 0 saturated carbocycles. The summed E-state index contributed by atoms with van der Waals surface area (Å²) < 4.78 is 1.51. The number of β-amino-alcohol motifs (C(OH)–C–C–N with tert-alkyl or cyclic N) is 1. The van der Waals surface area contributed by atoms with Gasteiger partial charge in [0.2, 0.25) is 5.91 Å². The molecule has 1 saturated heterocycles. The van der Waals surface area contributed by atoms with E-state index in [2.05, 4.69) is 4.98 Å². The molecule has 3 heterocycles. The van der Waals surface area contributed by atoms with Gasteiger partial charge in [-0.2, -0.15) is 0 Å². The van der Waals surface area contributed by atoms with E-state index in [1.54, 1.807) is 4.90 Å². The van der Waals surface area contributed by atoms with Crippen molar-refractivity contribution < 1.29 is 9.90 Å². The SMILES string of the molecule is Cc1sc2ncn(CCC(=O)N3CC[C@H](O)C3)c(=O)c2c1C. The number of hydrogen-bond acceptors (Lipinski definition) is 5. The summed E-state index contributed by atoms with van der Waals surface area (Å²) in [6.45, 7) is 5.22. The van der Waals surface area contributed by atoms with Crippen LogP contribution in [0.2, 0.25) is 0 Å². The van der Waals surface area contributed by atoms with Crippen molar-refractivity contribution in [3.63, 3.8) is 0 Å². The number of thiophene rings is 1. The monoisotopic (exact) mass is 321 g/mol. The number of carbonyl (C=O) groups is 1. The predicted molar refractivity (Wildman–Crippen MR) is 85.2 cm³/mol. The highest BCUT2D eigenvalue weighted by atomic mass is 32.1. The Hall–Kier alpha value is -1.73. The van der Waals surface area contributed by atoms with Crippen LogP contribution < -0.4 is 5.56 Å². The number of aryl methyl sites for hydroxylation is 3. The smallest absolute Gasteiger partial charge is 0.262 e. The van der Waals surface area contributed by atoms with Gasteiger partial charge in [-0.3, -0.25) is 14.2 Å². The number of aliphatic hydroxyl groups is 1. The number of fused-ring (bicyclic) bond motifs is 1. The van der Waals surface area contributed by atoms with Crippen molar-refractivity contribution >= 4 is 27.5 Å². The van der Waals surface area contributed by atoms with E-state index in [-0.39, 0.29) is 17.9 Å². The summed E-state index contributed by atoms with van der Waals surface area (Å²) >= 11 is 1.52. The minimum absolute atomic E-state index is 0.0261. The van der Waals surface area contributed by atoms with Crippen molar-refractivity contribution in [3.8, 4) is 0 Å². The summed E-state index contributed by atoms with van der Waals surface area (Å²) in [5.41, 5.74) is 0.891. The summed E-state index contributed by atoms with van der Waals surface area (Å²) in [5.74, 6) is -0.0261. The molecule has 1 aliphatic rings. The van der Waals surface area contributed by atoms with Gasteiger partial charge in [0.25, 0.3) is 5.56 Å². The Morgan fingerprint density at radius 1 is 1.50 bits per heavy atom. The summed E-state index contributed by atoms with van der Waals surface area (Å²) in [5, 5.41) is 10.1. The Balaban J connectivity index is 1.77. The first-order chi connectivity index (χ1) is 10.5. The predicted octanol–water partition coefficient (Wildman–Crippen LogP) is 1.06. The molecule has 1 N–H and O–H groups in total. The molecule has 3 rings (SSSR count). The van der Waals surface area contributed by atoms with Crippen LogP contribution in [0, 0.1) is 13.8 Å². The van der Waals surface area contributed by atoms with Crippen LogP contribution in [0.25, 0.3) is 10.2 Å². The van der Waals surface area contributed by atoms with Crippen molar-refractivity contribution in [3.05, 3.63) is 27.1 Å². The van der Waals surface area contributed by atoms with Crippen LogP contribution in [0.15, 0.2) is 11.1 Å². The highest BCUT2D eigenvalue weighted by molar-refractivity contribution is 7.18. The van der Waals surface area contributed by atoms with Crippen LogP contribution >= 0.6 is 11.3 Å². The van der Waals surface area contributed by atoms with E-state index < -0.39 is 6.10 Å². The second-order valence-electron chi connectivity index (χ2n) is 5.74. The van der Waals surface area contributed by atoms with Crippen LogP contribution in [-0.4, -0.2) is 44.7 Å². The molecule has 0 aliphatic carbocycles. The number of hydrogen-bond donors (Lipinski definition) is 1. The molecule has 0 bridgehead atoms. The van der Waals surface area contributed by atoms with E-state index in [4.69, 9.17) is 0 Å². The lowest BCUT2D eigenvalue weighted by Gasteiger charge is -2.15. The van der Waals surface area contributed by atoms with Gasteiger partial charge in [0.05, 0.1) is 17.8 Å². The quantitative estimate of drug-likeness (QED) is 0.917. The summed E-state index contributed by atoms with van der Waals surface area (Å²) in [6.07, 6.45) is 1.99. The fraction of sp³-hybridized carbons (Fsp3) is 0.533. The highest BCUT2D eigenvalue weighted by Gasteiger charge is 2.24. The zero-order chi connectivity index (χ0) is 15.9. The Labute approximate surface area is 132 Å². The zero-order valence-corrected chi connectivity index (χ0v) is 13.5. The number of aliphatic hydroxyl groups excluding tert-OH is 1. The lowest BCUT2D eigenvalue weighted by molar-refractivity contribution is -0.130. The Kier molecular flexibility index (Phi) is 4.01. The number of aromatic nitrogens is 2. The van der Waals surface area contributed by atoms with Gasteiger partial charge in [-0.05, 0) is 25.8 Å². The van der Waals surface area contributed by atoms with Crippen molar-refractivity contribution in [2.45, 2.75) is 39.3 Å². The molecule has 2 aromatic heterocycles. The fourth-order valence-electron chi connectivity index (χ4n) is 2.77. The van der Waals surface area contributed by atoms with E-state index in [1.807, 2.05) is 13.8 Å². The largest absolute Gasteiger partial charge is 0.391 e. The molecular formula is C15H19N3O3S. The Bertz CT molecular complexity index is 780. The first-order valence-electron chi connectivity index (χ1n) is 7.38. The van der Waals surface area contributed by atoms with Crippen LogP contribution in [0.1, 0.15) is 23.3 Å². The topological polar surface area (TPSA) is 75.4 Å². The summed E-state index contributed by atoms with van der Waals surface area (Å²) in [4.78, 5) is 32.4. The maximum atomic E-state index is 12.5. The van der Waals surface area contributed by atoms with E-state index in [0.29, 0.717) is 31.4 Å². The average Bonchev–Trinajstić information content (AvgIpc) is 3.03. The molecule has 0 aromatic carbocycles. The van der Waals surface area contributed by atoms with Crippen molar-refractivity contribution in [1.29, 1.82) is 0 Å². The second kappa shape index (κ2) is 5.81. The van der Waals surface area contributed by atoms with Crippen LogP contribution in [0.3, 0.4) is 0 Å². The molecule has 22 heavy (non-hydrogen) atoms. The molecule has 6 nitrogen and oxygen atoms in total. The van der Waals surface area contributed by atoms with E-state index in [9.17, 15) is 14.7 Å². The molecule has 0 radical (unpaired) electrons. The molecule has 2 aromatic rings. The summed E-state index contributed by atoms with van der Waals surface area (Å²) in [7, 11) is 0. The van der Waals surface area contributed by atoms with Gasteiger partial charge in [-0.1, -0.05) is 0 Å². The number of nitrogens with zero attached hydrogens (tertiary/aromatic N) is 3. The number of likely N-dealkylation sites (tertiary alicyclic amines) is 1. The second-order valence-corrected chi connectivity index (χ2v) is 6.94. The van der Waals surface area contributed by atoms with Gasteiger partial charge in [0, 0.05) is 30.9 Å². The number of amides is 1. The normalized spacial score (nSPS) is 18.3. The molecule has 1 aliphatic heterocycles. The first kappa shape index (κ1) is 15.2. The van der Waals surface area contributed by atoms with Crippen LogP contribution in [-0.2, 0) is 11.3 Å². The maximum absolute atomic E-state index is 12.5. The van der Waals surface area contributed by atoms with Gasteiger partial charge in [-0.15, -0.1) is 11.3 Å². The highest BCUT2D eigenvalue weighted by Crippen LogP contribution is 2.25. The third-order valence-electron chi connectivity index (χ3n) is 4.24. The van der Waals surface area contributed by atoms with Gasteiger partial charge in [-0.25, -0.2) is 4.98 Å². The minimum atomic E-state index is -0.416. The average molecular weight is 321 g/mol. The van der Waals surface area contributed by atoms with Crippen molar-refractivity contribution in [2.75, 3.05) is 13.1 Å². The number of carbonyl (C=O) groups excluding carboxylic acids is 1. The fourth-order valence-corrected chi connectivity index (χ4v) is 3.76. The Morgan fingerprint density at radius 2 is 2.27 bits per heavy atom. The van der Waals surface area contributed by atoms with Gasteiger partial charge < -0.3 is 10.0 Å². The lowest BCUT2D eigenvalue weighted by atomic mass is 10.2. The molecular weight excluding hydrogens is 302 g/mol. The minimum Gasteiger partial charge on any atom is -0.391 e. The molecule has 0 spiro atoms. The lowest BCUT2D eigenvalue weighted by Crippen LogP contribution is -2.31. The standard InChI is InChI=1S/C15H19N3O3S/c1-9-10(2)22-14-13(9)15(21)18(8-16-14)6-4-12(20)17-5-3-11(19)7-17/h8,11,19H,3-7H2,1-2H3/t11-/m0/s1. The Morgan fingerprint density at radius 3 is 2.95 bits per heavy atom. The molecule has 0 unspecified atom stereocenters. The van der Waals surface area contributed by atoms with Crippen LogP contribution in [0.5, 0.6) is 0 Å². The van der Waals surface area contributed by atoms with E-state index in [0.717, 1.165) is 15.3 Å². The number of rotatable bonds is 3. The third kappa shape index (κ3) is 2.66. The summed E-state index contributed by atoms with van der Waals surface area (Å²) in [6, 6.07) is 0. The zero-order valence-electron chi connectivity index (χ0n) is 12.7. The van der Waals surface area contributed by atoms with Crippen LogP contribution in [0.4, 0.5) is 0 Å². The van der Waals surface area contributed by atoms with Gasteiger partial charge >= 0.3 is 0 Å². The van der Waals surface area contributed by atoms with Gasteiger partial charge in [0.15, 0.2) is 0 Å². The molecule has 1 atom stereocenters. The van der Waals surface area contributed by atoms with Crippen molar-refractivity contribution in [2.24, 2.45) is 0 Å². The maximum Gasteiger partial charge on any atom is 0.262 e. The van der Waals surface area contributed by atoms with E-state index in [1.165, 1.54) is 22.2 Å². The molecule has 7 heteroatoms. The molecule has 1 fully saturated rings. The van der Waals surface area contributed by atoms with Crippen molar-refractivity contribution in [1.82, 2.24) is 14.5 Å². The third-order valence-corrected chi connectivity index (χ3v) is 5.35. The molecule has 118 valence electrons. The first-order valence-corrected chi connectivity index (χ1v) is 8.20. The van der Waals surface area contributed by atoms with Gasteiger partial charge in [0.1, 0.15) is 4.83 Å². The molecule has 1 amide bonds. The van der Waals surface area contributed by atoms with E-state index >= 15 is 0 Å².